The molecule has 2 aromatic rings. The minimum Gasteiger partial charge on any atom is -0.401 e. The van der Waals surface area contributed by atoms with E-state index in [9.17, 15) is 4.79 Å². The van der Waals surface area contributed by atoms with Gasteiger partial charge in [0.05, 0.1) is 11.7 Å². The lowest BCUT2D eigenvalue weighted by Gasteiger charge is -2.27. The second-order valence-electron chi connectivity index (χ2n) is 8.46. The predicted octanol–water partition coefficient (Wildman–Crippen LogP) is 5.16. The van der Waals surface area contributed by atoms with Crippen molar-refractivity contribution in [1.82, 2.24) is 10.2 Å². The smallest absolute Gasteiger partial charge is 0.222 e. The monoisotopic (exact) mass is 450 g/mol. The Morgan fingerprint density at radius 3 is 2.81 bits per heavy atom. The molecule has 1 unspecified atom stereocenters. The molecular weight excluding hydrogens is 420 g/mol. The van der Waals surface area contributed by atoms with Crippen LogP contribution >= 0.6 is 11.6 Å². The van der Waals surface area contributed by atoms with Gasteiger partial charge < -0.3 is 21.3 Å². The van der Waals surface area contributed by atoms with Gasteiger partial charge in [-0.3, -0.25) is 4.79 Å². The van der Waals surface area contributed by atoms with Gasteiger partial charge in [0.25, 0.3) is 0 Å². The van der Waals surface area contributed by atoms with Crippen LogP contribution in [-0.2, 0) is 4.79 Å². The zero-order valence-electron chi connectivity index (χ0n) is 18.7. The summed E-state index contributed by atoms with van der Waals surface area (Å²) >= 11 is 6.22. The third-order valence-corrected chi connectivity index (χ3v) is 6.46. The third kappa shape index (κ3) is 4.78. The first-order chi connectivity index (χ1) is 15.5. The Bertz CT molecular complexity index is 1070. The number of nitrogens with one attached hydrogen (secondary N) is 2. The van der Waals surface area contributed by atoms with E-state index in [2.05, 4.69) is 34.9 Å². The summed E-state index contributed by atoms with van der Waals surface area (Å²) in [6, 6.07) is 14.6. The van der Waals surface area contributed by atoms with Crippen LogP contribution in [0.5, 0.6) is 0 Å². The molecule has 4 N–H and O–H groups in total. The molecule has 0 aliphatic carbocycles. The lowest BCUT2D eigenvalue weighted by Crippen LogP contribution is -2.34. The standard InChI is InChI=1S/C26H31ClN4O/c1-3-25(32)31-13-10-18(11-14-31)19-7-8-22-23(15-19)24(9-12-29-26(22)17(2)28)30-21-6-4-5-20(27)16-21/h4-8,10,15-16,24,29-30H,3,9,11-14,28H2,1-2H3/b26-17-. The quantitative estimate of drug-likeness (QED) is 0.601. The highest BCUT2D eigenvalue weighted by molar-refractivity contribution is 6.30. The number of carbonyl (C=O) groups excluding carboxylic acids is 1. The second-order valence-corrected chi connectivity index (χ2v) is 8.89. The van der Waals surface area contributed by atoms with Crippen LogP contribution in [0.3, 0.4) is 0 Å². The van der Waals surface area contributed by atoms with Crippen LogP contribution in [0.2, 0.25) is 5.02 Å². The van der Waals surface area contributed by atoms with Crippen molar-refractivity contribution >= 4 is 34.5 Å². The summed E-state index contributed by atoms with van der Waals surface area (Å²) in [4.78, 5) is 14.0. The van der Waals surface area contributed by atoms with Crippen molar-refractivity contribution < 1.29 is 4.79 Å². The number of carbonyl (C=O) groups is 1. The molecule has 2 aromatic carbocycles. The molecule has 0 saturated carbocycles. The van der Waals surface area contributed by atoms with Crippen LogP contribution in [0.25, 0.3) is 11.3 Å². The first kappa shape index (κ1) is 22.3. The van der Waals surface area contributed by atoms with Crippen molar-refractivity contribution in [2.45, 2.75) is 39.2 Å². The Hall–Kier alpha value is -2.92. The second kappa shape index (κ2) is 9.70. The van der Waals surface area contributed by atoms with Gasteiger partial charge in [-0.2, -0.15) is 0 Å². The Kier molecular flexibility index (Phi) is 6.75. The normalized spacial score (nSPS) is 19.9. The number of halogens is 1. The molecule has 2 heterocycles. The Morgan fingerprint density at radius 1 is 1.28 bits per heavy atom. The number of nitrogens with zero attached hydrogens (tertiary/aromatic N) is 1. The van der Waals surface area contributed by atoms with Crippen LogP contribution in [0.1, 0.15) is 55.8 Å². The maximum Gasteiger partial charge on any atom is 0.222 e. The minimum absolute atomic E-state index is 0.120. The predicted molar refractivity (Wildman–Crippen MR) is 133 cm³/mol. The Balaban J connectivity index is 1.70. The van der Waals surface area contributed by atoms with Crippen molar-refractivity contribution in [1.29, 1.82) is 0 Å². The van der Waals surface area contributed by atoms with E-state index in [0.29, 0.717) is 18.0 Å². The van der Waals surface area contributed by atoms with Gasteiger partial charge in [-0.15, -0.1) is 0 Å². The molecule has 2 aliphatic rings. The summed E-state index contributed by atoms with van der Waals surface area (Å²) in [5.41, 5.74) is 13.9. The number of benzene rings is 2. The van der Waals surface area contributed by atoms with Gasteiger partial charge >= 0.3 is 0 Å². The Labute approximate surface area is 195 Å². The molecule has 0 bridgehead atoms. The number of allylic oxidation sites excluding steroid dienone is 1. The fraction of sp³-hybridized carbons (Fsp3) is 0.346. The molecule has 0 saturated heterocycles. The van der Waals surface area contributed by atoms with Gasteiger partial charge in [0.1, 0.15) is 0 Å². The molecule has 1 amide bonds. The molecule has 6 heteroatoms. The fourth-order valence-corrected chi connectivity index (χ4v) is 4.72. The summed E-state index contributed by atoms with van der Waals surface area (Å²) in [6.07, 6.45) is 4.53. The fourth-order valence-electron chi connectivity index (χ4n) is 4.53. The van der Waals surface area contributed by atoms with Crippen LogP contribution in [-0.4, -0.2) is 30.4 Å². The van der Waals surface area contributed by atoms with Crippen molar-refractivity contribution in [2.75, 3.05) is 25.0 Å². The molecular formula is C26H31ClN4O. The van der Waals surface area contributed by atoms with Crippen LogP contribution < -0.4 is 16.4 Å². The van der Waals surface area contributed by atoms with Crippen LogP contribution in [0.4, 0.5) is 5.69 Å². The van der Waals surface area contributed by atoms with E-state index in [1.54, 1.807) is 0 Å². The number of hydrogen-bond donors (Lipinski definition) is 3. The molecule has 0 spiro atoms. The molecule has 1 atom stereocenters. The molecule has 0 aromatic heterocycles. The number of anilines is 1. The lowest BCUT2D eigenvalue weighted by molar-refractivity contribution is -0.130. The van der Waals surface area contributed by atoms with E-state index >= 15 is 0 Å². The average molecular weight is 451 g/mol. The minimum atomic E-state index is 0.120. The van der Waals surface area contributed by atoms with Gasteiger partial charge in [0, 0.05) is 48.0 Å². The van der Waals surface area contributed by atoms with Crippen molar-refractivity contribution in [3.05, 3.63) is 76.0 Å². The zero-order valence-corrected chi connectivity index (χ0v) is 19.5. The molecule has 168 valence electrons. The van der Waals surface area contributed by atoms with Crippen LogP contribution in [0.15, 0.2) is 54.2 Å². The number of fused-ring (bicyclic) bond motifs is 1. The van der Waals surface area contributed by atoms with E-state index < -0.39 is 0 Å². The van der Waals surface area contributed by atoms with Gasteiger partial charge in [-0.25, -0.2) is 0 Å². The highest BCUT2D eigenvalue weighted by Crippen LogP contribution is 2.35. The number of hydrogen-bond acceptors (Lipinski definition) is 4. The first-order valence-corrected chi connectivity index (χ1v) is 11.7. The summed E-state index contributed by atoms with van der Waals surface area (Å²) in [6.45, 7) is 6.13. The van der Waals surface area contributed by atoms with Gasteiger partial charge in [0.2, 0.25) is 5.91 Å². The number of amides is 1. The van der Waals surface area contributed by atoms with Crippen molar-refractivity contribution in [3.63, 3.8) is 0 Å². The van der Waals surface area contributed by atoms with E-state index in [4.69, 9.17) is 17.3 Å². The SMILES string of the molecule is CCC(=O)N1CC=C(c2ccc3c(c2)C(Nc2cccc(Cl)c2)CCN/C3=C(/C)N)CC1. The van der Waals surface area contributed by atoms with Gasteiger partial charge in [0.15, 0.2) is 0 Å². The molecule has 32 heavy (non-hydrogen) atoms. The summed E-state index contributed by atoms with van der Waals surface area (Å²) in [5.74, 6) is 0.215. The summed E-state index contributed by atoms with van der Waals surface area (Å²) in [7, 11) is 0. The van der Waals surface area contributed by atoms with Crippen molar-refractivity contribution in [3.8, 4) is 0 Å². The first-order valence-electron chi connectivity index (χ1n) is 11.3. The largest absolute Gasteiger partial charge is 0.401 e. The van der Waals surface area contributed by atoms with Gasteiger partial charge in [-0.05, 0) is 60.7 Å². The zero-order chi connectivity index (χ0) is 22.7. The average Bonchev–Trinajstić information content (AvgIpc) is 2.98. The Morgan fingerprint density at radius 2 is 2.12 bits per heavy atom. The molecule has 4 rings (SSSR count). The maximum atomic E-state index is 12.0. The van der Waals surface area contributed by atoms with E-state index in [-0.39, 0.29) is 11.9 Å². The van der Waals surface area contributed by atoms with E-state index in [1.807, 2.05) is 43.0 Å². The molecule has 2 aliphatic heterocycles. The summed E-state index contributed by atoms with van der Waals surface area (Å²) < 4.78 is 0. The molecule has 0 radical (unpaired) electrons. The number of nitrogens with two attached hydrogens (primary N) is 1. The van der Waals surface area contributed by atoms with Crippen LogP contribution in [0, 0.1) is 0 Å². The molecule has 5 nitrogen and oxygen atoms in total. The van der Waals surface area contributed by atoms with Crippen molar-refractivity contribution in [2.24, 2.45) is 5.73 Å². The number of rotatable bonds is 4. The van der Waals surface area contributed by atoms with Gasteiger partial charge in [-0.1, -0.05) is 42.8 Å². The topological polar surface area (TPSA) is 70.4 Å². The van der Waals surface area contributed by atoms with E-state index in [0.717, 1.165) is 48.6 Å². The maximum absolute atomic E-state index is 12.0. The van der Waals surface area contributed by atoms with E-state index in [1.165, 1.54) is 16.7 Å². The third-order valence-electron chi connectivity index (χ3n) is 6.23. The lowest BCUT2D eigenvalue weighted by atomic mass is 9.90. The molecule has 0 fully saturated rings. The highest BCUT2D eigenvalue weighted by atomic mass is 35.5. The highest BCUT2D eigenvalue weighted by Gasteiger charge is 2.24. The summed E-state index contributed by atoms with van der Waals surface area (Å²) in [5, 5.41) is 7.91.